The topological polar surface area (TPSA) is 36.9 Å². The number of hydrogen-bond donors (Lipinski definition) is 0. The fourth-order valence-corrected chi connectivity index (χ4v) is 8.01. The molecule has 6 aromatic rings. The van der Waals surface area contributed by atoms with E-state index < -0.39 is 0 Å². The molecule has 60 heavy (non-hydrogen) atoms. The van der Waals surface area contributed by atoms with Crippen molar-refractivity contribution in [2.45, 2.75) is 79.1 Å². The van der Waals surface area contributed by atoms with E-state index in [1.54, 1.807) is 0 Å². The molecule has 0 saturated heterocycles. The zero-order valence-corrected chi connectivity index (χ0v) is 36.0. The molecule has 1 aliphatic rings. The number of fused-ring (bicyclic) bond motifs is 8. The maximum absolute atomic E-state index is 6.79. The summed E-state index contributed by atoms with van der Waals surface area (Å²) >= 11 is 0. The molecule has 1 aliphatic carbocycles. The molecule has 0 radical (unpaired) electrons. The fourth-order valence-electron chi connectivity index (χ4n) is 8.01. The van der Waals surface area contributed by atoms with Crippen molar-refractivity contribution in [1.82, 2.24) is 0 Å². The van der Waals surface area contributed by atoms with Crippen LogP contribution in [0.15, 0.2) is 121 Å². The van der Waals surface area contributed by atoms with Gasteiger partial charge in [-0.3, -0.25) is 0 Å². The number of ether oxygens (including phenoxy) is 4. The van der Waals surface area contributed by atoms with Gasteiger partial charge < -0.3 is 18.9 Å². The lowest BCUT2D eigenvalue weighted by Crippen LogP contribution is -2.10. The molecule has 7 rings (SSSR count). The average molecular weight is 797 g/mol. The molecular formula is C56H60O4. The van der Waals surface area contributed by atoms with Gasteiger partial charge in [0.25, 0.3) is 0 Å². The Morgan fingerprint density at radius 3 is 0.867 bits per heavy atom. The standard InChI is InChI=1S/C56H60O4/c1-5-29-57-53-45-21-15-22-46(53)38-50-34-44(28-26-42-19-13-10-14-20-42)36-52(56(50)60-32-8-4)40-48-24-16-23-47(54(48)58-30-6-2)39-51-35-43(27-25-41-17-11-9-12-18-41)33-49(37-45)55(51)59-31-7-3/h9-28,33-36H,5-8,29-32,37-40H2,1-4H3/b27-25+,28-26+. The smallest absolute Gasteiger partial charge is 0.126 e. The van der Waals surface area contributed by atoms with Gasteiger partial charge in [-0.15, -0.1) is 0 Å². The Kier molecular flexibility index (Phi) is 15.0. The molecule has 0 spiro atoms. The molecule has 4 heteroatoms. The van der Waals surface area contributed by atoms with Crippen LogP contribution in [-0.2, 0) is 25.7 Å². The van der Waals surface area contributed by atoms with Crippen LogP contribution in [0.3, 0.4) is 0 Å². The van der Waals surface area contributed by atoms with Crippen LogP contribution in [0.2, 0.25) is 0 Å². The molecule has 308 valence electrons. The van der Waals surface area contributed by atoms with E-state index in [9.17, 15) is 0 Å². The molecule has 4 nitrogen and oxygen atoms in total. The highest BCUT2D eigenvalue weighted by molar-refractivity contribution is 5.73. The molecule has 0 N–H and O–H groups in total. The summed E-state index contributed by atoms with van der Waals surface area (Å²) in [6, 6.07) is 43.5. The Labute approximate surface area is 358 Å². The van der Waals surface area contributed by atoms with Gasteiger partial charge in [0.1, 0.15) is 23.0 Å². The largest absolute Gasteiger partial charge is 0.493 e. The molecule has 6 aromatic carbocycles. The van der Waals surface area contributed by atoms with Gasteiger partial charge in [-0.1, -0.05) is 149 Å². The van der Waals surface area contributed by atoms with Crippen molar-refractivity contribution in [2.24, 2.45) is 0 Å². The van der Waals surface area contributed by atoms with Crippen molar-refractivity contribution >= 4 is 24.3 Å². The second kappa shape index (κ2) is 21.3. The van der Waals surface area contributed by atoms with Crippen molar-refractivity contribution in [2.75, 3.05) is 26.4 Å². The van der Waals surface area contributed by atoms with Crippen molar-refractivity contribution in [3.05, 3.63) is 188 Å². The van der Waals surface area contributed by atoms with Crippen molar-refractivity contribution in [3.63, 3.8) is 0 Å². The quantitative estimate of drug-likeness (QED) is 0.0913. The van der Waals surface area contributed by atoms with E-state index in [1.165, 1.54) is 0 Å². The minimum absolute atomic E-state index is 0.633. The third kappa shape index (κ3) is 10.8. The molecular weight excluding hydrogens is 737 g/mol. The predicted octanol–water partition coefficient (Wildman–Crippen LogP) is 13.9. The van der Waals surface area contributed by atoms with Crippen LogP contribution in [0.4, 0.5) is 0 Å². The molecule has 0 heterocycles. The lowest BCUT2D eigenvalue weighted by Gasteiger charge is -2.23. The van der Waals surface area contributed by atoms with Gasteiger partial charge in [-0.05, 0) is 117 Å². The minimum atomic E-state index is 0.633. The van der Waals surface area contributed by atoms with Gasteiger partial charge in [0.2, 0.25) is 0 Å². The van der Waals surface area contributed by atoms with Crippen molar-refractivity contribution in [1.29, 1.82) is 0 Å². The zero-order chi connectivity index (χ0) is 41.5. The fraction of sp³-hybridized carbons (Fsp3) is 0.286. The summed E-state index contributed by atoms with van der Waals surface area (Å²) in [7, 11) is 0. The van der Waals surface area contributed by atoms with Crippen molar-refractivity contribution in [3.8, 4) is 23.0 Å². The molecule has 8 bridgehead atoms. The zero-order valence-electron chi connectivity index (χ0n) is 36.0. The van der Waals surface area contributed by atoms with E-state index >= 15 is 0 Å². The molecule has 0 aromatic heterocycles. The number of hydrogen-bond acceptors (Lipinski definition) is 4. The molecule has 0 saturated carbocycles. The molecule has 0 amide bonds. The molecule has 0 fully saturated rings. The first-order valence-corrected chi connectivity index (χ1v) is 22.1. The normalized spacial score (nSPS) is 12.5. The summed E-state index contributed by atoms with van der Waals surface area (Å²) in [6.45, 7) is 11.2. The lowest BCUT2D eigenvalue weighted by molar-refractivity contribution is 0.304. The van der Waals surface area contributed by atoms with Crippen LogP contribution in [0.25, 0.3) is 24.3 Å². The van der Waals surface area contributed by atoms with E-state index in [-0.39, 0.29) is 0 Å². The highest BCUT2D eigenvalue weighted by Crippen LogP contribution is 2.40. The summed E-state index contributed by atoms with van der Waals surface area (Å²) in [4.78, 5) is 0. The van der Waals surface area contributed by atoms with Crippen LogP contribution in [0.1, 0.15) is 120 Å². The Bertz CT molecular complexity index is 2110. The van der Waals surface area contributed by atoms with Gasteiger partial charge in [0, 0.05) is 25.7 Å². The summed E-state index contributed by atoms with van der Waals surface area (Å²) in [5, 5.41) is 0. The third-order valence-corrected chi connectivity index (χ3v) is 10.7. The Hall–Kier alpha value is -6.00. The maximum atomic E-state index is 6.79. The van der Waals surface area contributed by atoms with Crippen LogP contribution in [-0.4, -0.2) is 26.4 Å². The van der Waals surface area contributed by atoms with E-state index in [0.717, 1.165) is 115 Å². The van der Waals surface area contributed by atoms with Crippen LogP contribution in [0, 0.1) is 0 Å². The SMILES string of the molecule is CCCOc1c2cccc1Cc1cc(/C=C/c3ccccc3)cc(c1OCCC)Cc1cccc(c1OCCC)Cc1cc(/C=C/c3ccccc3)cc(c1OCCC)C2. The van der Waals surface area contributed by atoms with E-state index in [4.69, 9.17) is 18.9 Å². The second-order valence-corrected chi connectivity index (χ2v) is 15.7. The summed E-state index contributed by atoms with van der Waals surface area (Å²) in [6.07, 6.45) is 15.2. The van der Waals surface area contributed by atoms with Gasteiger partial charge in [-0.25, -0.2) is 0 Å². The predicted molar refractivity (Wildman–Crippen MR) is 251 cm³/mol. The third-order valence-electron chi connectivity index (χ3n) is 10.7. The van der Waals surface area contributed by atoms with Crippen LogP contribution >= 0.6 is 0 Å². The first kappa shape index (κ1) is 42.1. The summed E-state index contributed by atoms with van der Waals surface area (Å²) < 4.78 is 27.1. The van der Waals surface area contributed by atoms with Gasteiger partial charge in [0.05, 0.1) is 26.4 Å². The monoisotopic (exact) mass is 796 g/mol. The molecule has 0 aliphatic heterocycles. The number of benzene rings is 6. The van der Waals surface area contributed by atoms with Crippen molar-refractivity contribution < 1.29 is 18.9 Å². The lowest BCUT2D eigenvalue weighted by atomic mass is 9.89. The Balaban J connectivity index is 1.47. The van der Waals surface area contributed by atoms with Gasteiger partial charge >= 0.3 is 0 Å². The Morgan fingerprint density at radius 2 is 0.583 bits per heavy atom. The minimum Gasteiger partial charge on any atom is -0.493 e. The highest BCUT2D eigenvalue weighted by atomic mass is 16.5. The average Bonchev–Trinajstić information content (AvgIpc) is 3.27. The van der Waals surface area contributed by atoms with E-state index in [1.807, 2.05) is 0 Å². The maximum Gasteiger partial charge on any atom is 0.126 e. The first-order chi connectivity index (χ1) is 29.6. The molecule has 0 atom stereocenters. The molecule has 0 unspecified atom stereocenters. The first-order valence-electron chi connectivity index (χ1n) is 22.1. The van der Waals surface area contributed by atoms with Crippen LogP contribution in [0.5, 0.6) is 23.0 Å². The van der Waals surface area contributed by atoms with E-state index in [2.05, 4.69) is 173 Å². The van der Waals surface area contributed by atoms with Gasteiger partial charge in [0.15, 0.2) is 0 Å². The summed E-state index contributed by atoms with van der Waals surface area (Å²) in [5.41, 5.74) is 13.8. The Morgan fingerprint density at radius 1 is 0.317 bits per heavy atom. The summed E-state index contributed by atoms with van der Waals surface area (Å²) in [5.74, 6) is 3.81. The number of rotatable bonds is 16. The number of para-hydroxylation sites is 2. The second-order valence-electron chi connectivity index (χ2n) is 15.7. The van der Waals surface area contributed by atoms with Crippen LogP contribution < -0.4 is 18.9 Å². The highest BCUT2D eigenvalue weighted by Gasteiger charge is 2.23. The van der Waals surface area contributed by atoms with Gasteiger partial charge in [-0.2, -0.15) is 0 Å². The van der Waals surface area contributed by atoms with E-state index in [0.29, 0.717) is 52.1 Å².